The van der Waals surface area contributed by atoms with Gasteiger partial charge < -0.3 is 14.5 Å². The van der Waals surface area contributed by atoms with Crippen molar-refractivity contribution in [2.75, 3.05) is 7.11 Å². The highest BCUT2D eigenvalue weighted by Crippen LogP contribution is 2.27. The Morgan fingerprint density at radius 2 is 1.74 bits per heavy atom. The molecule has 5 rings (SSSR count). The third-order valence-electron chi connectivity index (χ3n) is 5.47. The number of aromatic amines is 2. The van der Waals surface area contributed by atoms with Crippen molar-refractivity contribution < 1.29 is 9.47 Å². The predicted molar refractivity (Wildman–Crippen MR) is 136 cm³/mol. The summed E-state index contributed by atoms with van der Waals surface area (Å²) >= 11 is 0. The molecule has 0 aliphatic carbocycles. The Labute approximate surface area is 197 Å². The van der Waals surface area contributed by atoms with Crippen LogP contribution >= 0.6 is 0 Å². The van der Waals surface area contributed by atoms with Crippen LogP contribution < -0.4 is 9.47 Å². The molecule has 0 amide bonds. The van der Waals surface area contributed by atoms with Gasteiger partial charge in [0.2, 0.25) is 0 Å². The third kappa shape index (κ3) is 4.91. The van der Waals surface area contributed by atoms with Gasteiger partial charge in [-0.2, -0.15) is 5.10 Å². The van der Waals surface area contributed by atoms with E-state index in [-0.39, 0.29) is 0 Å². The number of aromatic nitrogens is 4. The summed E-state index contributed by atoms with van der Waals surface area (Å²) in [5.41, 5.74) is 6.02. The van der Waals surface area contributed by atoms with Gasteiger partial charge in [-0.1, -0.05) is 24.3 Å². The summed E-state index contributed by atoms with van der Waals surface area (Å²) in [6.45, 7) is 0.476. The summed E-state index contributed by atoms with van der Waals surface area (Å²) in [4.78, 5) is 7.31. The van der Waals surface area contributed by atoms with Gasteiger partial charge in [-0.05, 0) is 65.8 Å². The molecule has 0 bridgehead atoms. The maximum atomic E-state index is 5.88. The molecule has 5 aromatic rings. The summed E-state index contributed by atoms with van der Waals surface area (Å²) in [6.07, 6.45) is 13.6. The van der Waals surface area contributed by atoms with Gasteiger partial charge in [0.1, 0.15) is 18.1 Å². The molecule has 0 atom stereocenters. The Morgan fingerprint density at radius 3 is 2.62 bits per heavy atom. The number of H-pyrrole nitrogens is 2. The minimum atomic E-state index is 0.476. The van der Waals surface area contributed by atoms with Crippen LogP contribution in [0.2, 0.25) is 0 Å². The minimum absolute atomic E-state index is 0.476. The van der Waals surface area contributed by atoms with Crippen LogP contribution in [-0.4, -0.2) is 27.3 Å². The van der Waals surface area contributed by atoms with Crippen molar-refractivity contribution in [3.05, 3.63) is 107 Å². The fraction of sp³-hybridized carbons (Fsp3) is 0.0714. The summed E-state index contributed by atoms with van der Waals surface area (Å²) in [5.74, 6) is 1.49. The van der Waals surface area contributed by atoms with E-state index in [4.69, 9.17) is 9.47 Å². The number of nitrogens with one attached hydrogen (secondary N) is 2. The van der Waals surface area contributed by atoms with Gasteiger partial charge in [-0.25, -0.2) is 0 Å². The molecule has 0 saturated carbocycles. The number of hydrogen-bond acceptors (Lipinski definition) is 4. The molecular formula is C28H24N4O2. The number of ether oxygens (including phenoxy) is 2. The first kappa shape index (κ1) is 21.3. The molecule has 6 heteroatoms. The Kier molecular flexibility index (Phi) is 6.21. The lowest BCUT2D eigenvalue weighted by atomic mass is 10.1. The van der Waals surface area contributed by atoms with E-state index in [1.54, 1.807) is 19.5 Å². The van der Waals surface area contributed by atoms with Gasteiger partial charge in [0.05, 0.1) is 18.5 Å². The zero-order valence-corrected chi connectivity index (χ0v) is 18.7. The molecule has 0 aliphatic rings. The predicted octanol–water partition coefficient (Wildman–Crippen LogP) is 6.21. The van der Waals surface area contributed by atoms with Gasteiger partial charge in [0.25, 0.3) is 0 Å². The number of pyridine rings is 1. The molecule has 3 heterocycles. The zero-order chi connectivity index (χ0) is 23.2. The quantitative estimate of drug-likeness (QED) is 0.296. The number of nitrogens with zero attached hydrogens (tertiary/aromatic N) is 2. The third-order valence-corrected chi connectivity index (χ3v) is 5.47. The number of fused-ring (bicyclic) bond motifs is 1. The van der Waals surface area contributed by atoms with E-state index in [2.05, 4.69) is 38.4 Å². The lowest BCUT2D eigenvalue weighted by Gasteiger charge is -2.10. The molecule has 34 heavy (non-hydrogen) atoms. The smallest absolute Gasteiger partial charge is 0.129 e. The number of rotatable bonds is 8. The Morgan fingerprint density at radius 1 is 0.882 bits per heavy atom. The standard InChI is InChI=1S/C28H24N4O2/c1-33-28-17-25(34-19-20-12-14-29-15-13-20)11-8-21(28)6-9-23-16-24(32-31-23)10-7-22-18-30-27-5-3-2-4-26(22)27/h2-18,30H,19H2,1H3,(H,31,32). The van der Waals surface area contributed by atoms with E-state index in [9.17, 15) is 0 Å². The van der Waals surface area contributed by atoms with Crippen LogP contribution in [0.25, 0.3) is 35.2 Å². The second kappa shape index (κ2) is 9.92. The van der Waals surface area contributed by atoms with Crippen LogP contribution in [0.1, 0.15) is 28.1 Å². The van der Waals surface area contributed by atoms with Gasteiger partial charge in [0, 0.05) is 41.1 Å². The van der Waals surface area contributed by atoms with E-state index in [1.165, 1.54) is 5.39 Å². The highest BCUT2D eigenvalue weighted by Gasteiger charge is 2.05. The average molecular weight is 449 g/mol. The maximum Gasteiger partial charge on any atom is 0.129 e. The zero-order valence-electron chi connectivity index (χ0n) is 18.7. The number of hydrogen-bond donors (Lipinski definition) is 2. The van der Waals surface area contributed by atoms with E-state index < -0.39 is 0 Å². The molecular weight excluding hydrogens is 424 g/mol. The number of methoxy groups -OCH3 is 1. The first-order chi connectivity index (χ1) is 16.8. The molecule has 6 nitrogen and oxygen atoms in total. The van der Waals surface area contributed by atoms with Crippen LogP contribution in [0.4, 0.5) is 0 Å². The molecule has 0 unspecified atom stereocenters. The van der Waals surface area contributed by atoms with Crippen molar-refractivity contribution in [1.29, 1.82) is 0 Å². The minimum Gasteiger partial charge on any atom is -0.496 e. The Balaban J connectivity index is 1.26. The van der Waals surface area contributed by atoms with Crippen molar-refractivity contribution in [3.8, 4) is 11.5 Å². The van der Waals surface area contributed by atoms with Gasteiger partial charge >= 0.3 is 0 Å². The van der Waals surface area contributed by atoms with Crippen molar-refractivity contribution in [3.63, 3.8) is 0 Å². The highest BCUT2D eigenvalue weighted by molar-refractivity contribution is 5.91. The number of benzene rings is 2. The van der Waals surface area contributed by atoms with Crippen LogP contribution in [-0.2, 0) is 6.61 Å². The topological polar surface area (TPSA) is 75.8 Å². The summed E-state index contributed by atoms with van der Waals surface area (Å²) in [5, 5.41) is 8.64. The van der Waals surface area contributed by atoms with E-state index in [0.29, 0.717) is 6.61 Å². The van der Waals surface area contributed by atoms with Crippen molar-refractivity contribution in [2.45, 2.75) is 6.61 Å². The number of para-hydroxylation sites is 1. The van der Waals surface area contributed by atoms with Crippen LogP contribution in [0.5, 0.6) is 11.5 Å². The fourth-order valence-electron chi connectivity index (χ4n) is 3.67. The first-order valence-electron chi connectivity index (χ1n) is 11.0. The fourth-order valence-corrected chi connectivity index (χ4v) is 3.67. The molecule has 168 valence electrons. The summed E-state index contributed by atoms with van der Waals surface area (Å²) in [6, 6.07) is 19.9. The molecule has 0 saturated heterocycles. The largest absolute Gasteiger partial charge is 0.496 e. The molecule has 0 fully saturated rings. The Hall–Kier alpha value is -4.58. The van der Waals surface area contributed by atoms with Crippen LogP contribution in [0.3, 0.4) is 0 Å². The SMILES string of the molecule is COc1cc(OCc2ccncc2)ccc1C=Cc1cc(C=Cc2c[nH]c3ccccc23)n[nH]1. The van der Waals surface area contributed by atoms with Crippen LogP contribution in [0, 0.1) is 0 Å². The lowest BCUT2D eigenvalue weighted by Crippen LogP contribution is -1.96. The Bertz CT molecular complexity index is 1450. The first-order valence-corrected chi connectivity index (χ1v) is 11.0. The lowest BCUT2D eigenvalue weighted by molar-refractivity contribution is 0.303. The van der Waals surface area contributed by atoms with Crippen molar-refractivity contribution >= 4 is 35.2 Å². The maximum absolute atomic E-state index is 5.88. The van der Waals surface area contributed by atoms with Gasteiger partial charge in [-0.3, -0.25) is 10.1 Å². The van der Waals surface area contributed by atoms with E-state index >= 15 is 0 Å². The van der Waals surface area contributed by atoms with Crippen molar-refractivity contribution in [2.24, 2.45) is 0 Å². The average Bonchev–Trinajstić information content (AvgIpc) is 3.52. The molecule has 0 aliphatic heterocycles. The molecule has 0 radical (unpaired) electrons. The highest BCUT2D eigenvalue weighted by atomic mass is 16.5. The van der Waals surface area contributed by atoms with Gasteiger partial charge in [-0.15, -0.1) is 0 Å². The monoisotopic (exact) mass is 448 g/mol. The second-order valence-corrected chi connectivity index (χ2v) is 7.75. The van der Waals surface area contributed by atoms with Gasteiger partial charge in [0.15, 0.2) is 0 Å². The summed E-state index contributed by atoms with van der Waals surface area (Å²) < 4.78 is 11.4. The molecule has 3 aromatic heterocycles. The van der Waals surface area contributed by atoms with E-state index in [1.807, 2.05) is 73.0 Å². The van der Waals surface area contributed by atoms with E-state index in [0.717, 1.165) is 45.1 Å². The second-order valence-electron chi connectivity index (χ2n) is 7.75. The summed E-state index contributed by atoms with van der Waals surface area (Å²) in [7, 11) is 1.66. The molecule has 2 N–H and O–H groups in total. The molecule has 2 aromatic carbocycles. The molecule has 0 spiro atoms. The van der Waals surface area contributed by atoms with Crippen LogP contribution in [0.15, 0.2) is 79.3 Å². The van der Waals surface area contributed by atoms with Crippen molar-refractivity contribution in [1.82, 2.24) is 20.2 Å². The normalized spacial score (nSPS) is 11.6.